The zero-order valence-corrected chi connectivity index (χ0v) is 19.0. The van der Waals surface area contributed by atoms with Crippen LogP contribution in [0.4, 0.5) is 0 Å². The molecule has 4 rings (SSSR count). The van der Waals surface area contributed by atoms with Crippen LogP contribution in [0.15, 0.2) is 54.6 Å². The number of hydrogen-bond donors (Lipinski definition) is 1. The lowest BCUT2D eigenvalue weighted by atomic mass is 10.1. The summed E-state index contributed by atoms with van der Waals surface area (Å²) in [5.41, 5.74) is 2.85. The van der Waals surface area contributed by atoms with E-state index in [1.807, 2.05) is 47.4 Å². The number of nitrogens with one attached hydrogen (secondary N) is 1. The van der Waals surface area contributed by atoms with E-state index in [-0.39, 0.29) is 17.7 Å². The van der Waals surface area contributed by atoms with Gasteiger partial charge in [0.1, 0.15) is 6.04 Å². The van der Waals surface area contributed by atoms with Gasteiger partial charge in [0, 0.05) is 49.7 Å². The van der Waals surface area contributed by atoms with E-state index in [4.69, 9.17) is 0 Å². The third-order valence-electron chi connectivity index (χ3n) is 5.99. The van der Waals surface area contributed by atoms with Crippen LogP contribution in [0.1, 0.15) is 40.7 Å². The number of hydrogen-bond acceptors (Lipinski definition) is 4. The van der Waals surface area contributed by atoms with Crippen molar-refractivity contribution in [2.24, 2.45) is 0 Å². The highest BCUT2D eigenvalue weighted by atomic mass is 32.2. The third-order valence-corrected chi connectivity index (χ3v) is 7.08. The van der Waals surface area contributed by atoms with E-state index in [2.05, 4.69) is 17.4 Å². The summed E-state index contributed by atoms with van der Waals surface area (Å²) in [5.74, 6) is 1.32. The summed E-state index contributed by atoms with van der Waals surface area (Å²) in [7, 11) is 0. The molecule has 2 aromatic carbocycles. The van der Waals surface area contributed by atoms with Crippen LogP contribution in [0, 0.1) is 0 Å². The molecule has 0 bridgehead atoms. The van der Waals surface area contributed by atoms with Crippen LogP contribution in [0.5, 0.6) is 0 Å². The minimum absolute atomic E-state index is 0.0799. The molecular formula is C25H29N3O3S. The molecule has 2 aliphatic rings. The largest absolute Gasteiger partial charge is 0.354 e. The topological polar surface area (TPSA) is 69.7 Å². The Balaban J connectivity index is 1.36. The van der Waals surface area contributed by atoms with Crippen LogP contribution in [0.3, 0.4) is 0 Å². The van der Waals surface area contributed by atoms with Crippen LogP contribution in [0.25, 0.3) is 0 Å². The Hall–Kier alpha value is -2.80. The Bertz CT molecular complexity index is 966. The Labute approximate surface area is 193 Å². The molecular weight excluding hydrogens is 422 g/mol. The van der Waals surface area contributed by atoms with Gasteiger partial charge in [-0.2, -0.15) is 11.8 Å². The Morgan fingerprint density at radius 1 is 1.06 bits per heavy atom. The average Bonchev–Trinajstić information content (AvgIpc) is 3.37. The number of nitrogens with zero attached hydrogens (tertiary/aromatic N) is 2. The van der Waals surface area contributed by atoms with Crippen LogP contribution in [-0.4, -0.2) is 59.0 Å². The summed E-state index contributed by atoms with van der Waals surface area (Å²) >= 11 is 1.66. The van der Waals surface area contributed by atoms with Gasteiger partial charge in [-0.25, -0.2) is 0 Å². The van der Waals surface area contributed by atoms with Crippen molar-refractivity contribution < 1.29 is 14.4 Å². The molecule has 1 N–H and O–H groups in total. The molecule has 0 aromatic heterocycles. The number of fused-ring (bicyclic) bond motifs is 1. The summed E-state index contributed by atoms with van der Waals surface area (Å²) in [4.78, 5) is 41.5. The second kappa shape index (κ2) is 10.7. The minimum Gasteiger partial charge on any atom is -0.354 e. The molecule has 2 aromatic rings. The first-order valence-corrected chi connectivity index (χ1v) is 12.3. The molecule has 1 atom stereocenters. The van der Waals surface area contributed by atoms with Crippen molar-refractivity contribution in [2.45, 2.75) is 37.6 Å². The monoisotopic (exact) mass is 451 g/mol. The maximum Gasteiger partial charge on any atom is 0.255 e. The first kappa shape index (κ1) is 22.4. The second-order valence-electron chi connectivity index (χ2n) is 8.24. The highest BCUT2D eigenvalue weighted by Crippen LogP contribution is 2.26. The molecule has 0 spiro atoms. The lowest BCUT2D eigenvalue weighted by Crippen LogP contribution is -2.49. The average molecular weight is 452 g/mol. The molecule has 1 saturated heterocycles. The molecule has 2 heterocycles. The number of likely N-dealkylation sites (tertiary alicyclic amines) is 1. The van der Waals surface area contributed by atoms with Gasteiger partial charge in [-0.1, -0.05) is 48.5 Å². The highest BCUT2D eigenvalue weighted by Gasteiger charge is 2.36. The smallest absolute Gasteiger partial charge is 0.255 e. The van der Waals surface area contributed by atoms with Gasteiger partial charge >= 0.3 is 0 Å². The van der Waals surface area contributed by atoms with E-state index < -0.39 is 6.04 Å². The fourth-order valence-electron chi connectivity index (χ4n) is 4.24. The SMILES string of the molecule is O=C(NCCCN1CCCC1=O)C(CSCc1ccccc1)N1Cc2ccccc2C1=O. The van der Waals surface area contributed by atoms with E-state index >= 15 is 0 Å². The Morgan fingerprint density at radius 2 is 1.84 bits per heavy atom. The quantitative estimate of drug-likeness (QED) is 0.564. The number of carbonyl (C=O) groups is 3. The van der Waals surface area contributed by atoms with Crippen LogP contribution in [0.2, 0.25) is 0 Å². The van der Waals surface area contributed by atoms with Crippen molar-refractivity contribution in [1.29, 1.82) is 0 Å². The molecule has 32 heavy (non-hydrogen) atoms. The molecule has 6 nitrogen and oxygen atoms in total. The predicted molar refractivity (Wildman–Crippen MR) is 126 cm³/mol. The molecule has 168 valence electrons. The zero-order valence-electron chi connectivity index (χ0n) is 18.2. The first-order chi connectivity index (χ1) is 15.6. The van der Waals surface area contributed by atoms with Gasteiger partial charge in [0.2, 0.25) is 11.8 Å². The van der Waals surface area contributed by atoms with Crippen molar-refractivity contribution in [3.8, 4) is 0 Å². The van der Waals surface area contributed by atoms with Gasteiger partial charge in [-0.3, -0.25) is 14.4 Å². The molecule has 1 fully saturated rings. The molecule has 0 saturated carbocycles. The molecule has 2 aliphatic heterocycles. The zero-order chi connectivity index (χ0) is 22.3. The number of rotatable bonds is 10. The van der Waals surface area contributed by atoms with E-state index in [1.165, 1.54) is 5.56 Å². The lowest BCUT2D eigenvalue weighted by Gasteiger charge is -2.27. The maximum atomic E-state index is 13.1. The Kier molecular flexibility index (Phi) is 7.47. The van der Waals surface area contributed by atoms with Gasteiger partial charge < -0.3 is 15.1 Å². The fourth-order valence-corrected chi connectivity index (χ4v) is 5.34. The summed E-state index contributed by atoms with van der Waals surface area (Å²) < 4.78 is 0. The molecule has 0 radical (unpaired) electrons. The summed E-state index contributed by atoms with van der Waals surface area (Å²) in [6.07, 6.45) is 2.27. The maximum absolute atomic E-state index is 13.1. The number of amides is 3. The molecule has 3 amide bonds. The standard InChI is InChI=1S/C25H29N3O3S/c29-23-12-6-14-27(23)15-7-13-26-24(30)22(18-32-17-19-8-2-1-3-9-19)28-16-20-10-4-5-11-21(20)25(28)31/h1-5,8-11,22H,6-7,12-18H2,(H,26,30). The normalized spacial score (nSPS) is 16.4. The van der Waals surface area contributed by atoms with E-state index in [0.717, 1.165) is 30.7 Å². The summed E-state index contributed by atoms with van der Waals surface area (Å²) in [6, 6.07) is 17.2. The summed E-state index contributed by atoms with van der Waals surface area (Å²) in [6.45, 7) is 2.44. The fraction of sp³-hybridized carbons (Fsp3) is 0.400. The van der Waals surface area contributed by atoms with Crippen molar-refractivity contribution in [3.63, 3.8) is 0 Å². The number of thioether (sulfide) groups is 1. The van der Waals surface area contributed by atoms with Crippen molar-refractivity contribution in [3.05, 3.63) is 71.3 Å². The van der Waals surface area contributed by atoms with Crippen molar-refractivity contribution in [1.82, 2.24) is 15.1 Å². The van der Waals surface area contributed by atoms with E-state index in [9.17, 15) is 14.4 Å². The number of carbonyl (C=O) groups excluding carboxylic acids is 3. The van der Waals surface area contributed by atoms with Crippen molar-refractivity contribution in [2.75, 3.05) is 25.4 Å². The van der Waals surface area contributed by atoms with E-state index in [1.54, 1.807) is 16.7 Å². The van der Waals surface area contributed by atoms with Gasteiger partial charge in [0.25, 0.3) is 5.91 Å². The van der Waals surface area contributed by atoms with Crippen LogP contribution in [-0.2, 0) is 21.9 Å². The third kappa shape index (κ3) is 5.33. The van der Waals surface area contributed by atoms with Gasteiger partial charge in [-0.05, 0) is 30.0 Å². The summed E-state index contributed by atoms with van der Waals surface area (Å²) in [5, 5.41) is 3.01. The number of benzene rings is 2. The van der Waals surface area contributed by atoms with Crippen LogP contribution < -0.4 is 5.32 Å². The van der Waals surface area contributed by atoms with Gasteiger partial charge in [0.15, 0.2) is 0 Å². The Morgan fingerprint density at radius 3 is 2.59 bits per heavy atom. The minimum atomic E-state index is -0.531. The lowest BCUT2D eigenvalue weighted by molar-refractivity contribution is -0.127. The van der Waals surface area contributed by atoms with E-state index in [0.29, 0.717) is 37.4 Å². The van der Waals surface area contributed by atoms with Gasteiger partial charge in [0.05, 0.1) is 0 Å². The molecule has 0 aliphatic carbocycles. The van der Waals surface area contributed by atoms with Gasteiger partial charge in [-0.15, -0.1) is 0 Å². The first-order valence-electron chi connectivity index (χ1n) is 11.2. The second-order valence-corrected chi connectivity index (χ2v) is 9.27. The molecule has 7 heteroatoms. The highest BCUT2D eigenvalue weighted by molar-refractivity contribution is 7.98. The van der Waals surface area contributed by atoms with Crippen LogP contribution >= 0.6 is 11.8 Å². The van der Waals surface area contributed by atoms with Crippen molar-refractivity contribution >= 4 is 29.5 Å². The molecule has 1 unspecified atom stereocenters. The predicted octanol–water partition coefficient (Wildman–Crippen LogP) is 3.07.